The van der Waals surface area contributed by atoms with Gasteiger partial charge in [-0.15, -0.1) is 0 Å². The van der Waals surface area contributed by atoms with Gasteiger partial charge < -0.3 is 18.3 Å². The van der Waals surface area contributed by atoms with E-state index >= 15 is 0 Å². The quantitative estimate of drug-likeness (QED) is 0.169. The van der Waals surface area contributed by atoms with Crippen molar-refractivity contribution in [2.24, 2.45) is 0 Å². The Hall–Kier alpha value is -7.18. The summed E-state index contributed by atoms with van der Waals surface area (Å²) in [5.74, 6) is 1.20. The molecule has 52 heavy (non-hydrogen) atoms. The van der Waals surface area contributed by atoms with Gasteiger partial charge in [0, 0.05) is 45.5 Å². The molecule has 0 atom stereocenters. The number of hydrogen-bond donors (Lipinski definition) is 0. The first kappa shape index (κ1) is 29.7. The van der Waals surface area contributed by atoms with E-state index in [1.54, 1.807) is 0 Å². The van der Waals surface area contributed by atoms with Crippen molar-refractivity contribution in [2.45, 2.75) is 0 Å². The number of oxazole rings is 2. The van der Waals surface area contributed by atoms with Crippen LogP contribution in [-0.2, 0) is 0 Å². The predicted molar refractivity (Wildman–Crippen MR) is 209 cm³/mol. The van der Waals surface area contributed by atoms with Crippen molar-refractivity contribution in [1.29, 1.82) is 0 Å². The third-order valence-electron chi connectivity index (χ3n) is 9.52. The molecular weight excluding hydrogens is 641 g/mol. The van der Waals surface area contributed by atoms with Crippen LogP contribution in [0.25, 0.3) is 72.8 Å². The van der Waals surface area contributed by atoms with Gasteiger partial charge >= 0.3 is 0 Å². The molecule has 10 aromatic rings. The van der Waals surface area contributed by atoms with Gasteiger partial charge in [0.05, 0.1) is 5.52 Å². The van der Waals surface area contributed by atoms with Crippen LogP contribution in [0.3, 0.4) is 0 Å². The van der Waals surface area contributed by atoms with Gasteiger partial charge in [-0.3, -0.25) is 0 Å². The second-order valence-electron chi connectivity index (χ2n) is 12.7. The highest BCUT2D eigenvalue weighted by molar-refractivity contribution is 5.88. The first-order chi connectivity index (χ1) is 25.7. The topological polar surface area (TPSA) is 60.2 Å². The fourth-order valence-electron chi connectivity index (χ4n) is 6.88. The average molecular weight is 671 g/mol. The molecular formula is C46H30N4O2. The van der Waals surface area contributed by atoms with Crippen molar-refractivity contribution < 1.29 is 8.83 Å². The molecule has 0 amide bonds. The van der Waals surface area contributed by atoms with Gasteiger partial charge in [-0.25, -0.2) is 9.97 Å². The summed E-state index contributed by atoms with van der Waals surface area (Å²) in [7, 11) is 0. The molecule has 0 saturated carbocycles. The number of rotatable bonds is 7. The molecule has 0 aliphatic heterocycles. The van der Waals surface area contributed by atoms with Crippen LogP contribution >= 0.6 is 0 Å². The Morgan fingerprint density at radius 1 is 0.423 bits per heavy atom. The van der Waals surface area contributed by atoms with E-state index in [-0.39, 0.29) is 0 Å². The van der Waals surface area contributed by atoms with Gasteiger partial charge in [0.25, 0.3) is 0 Å². The van der Waals surface area contributed by atoms with Crippen LogP contribution in [0, 0.1) is 0 Å². The molecule has 0 spiro atoms. The maximum Gasteiger partial charge on any atom is 0.227 e. The first-order valence-corrected chi connectivity index (χ1v) is 17.2. The molecule has 3 aromatic heterocycles. The zero-order chi connectivity index (χ0) is 34.4. The molecule has 0 saturated heterocycles. The molecule has 3 heterocycles. The zero-order valence-electron chi connectivity index (χ0n) is 27.9. The van der Waals surface area contributed by atoms with Gasteiger partial charge in [-0.2, -0.15) is 0 Å². The highest BCUT2D eigenvalue weighted by atomic mass is 16.4. The summed E-state index contributed by atoms with van der Waals surface area (Å²) in [6, 6.07) is 60.4. The summed E-state index contributed by atoms with van der Waals surface area (Å²) < 4.78 is 14.4. The SMILES string of the molecule is c1ccc(-n2ccc3cc(-c4ccc(N(c5ccc(-c6nc7ccccc7o6)cc5)c5ccc(-c6nc7ccccc7o6)cc5)cc4)ccc32)cc1. The van der Waals surface area contributed by atoms with Gasteiger partial charge in [-0.05, 0) is 126 Å². The molecule has 0 aliphatic carbocycles. The van der Waals surface area contributed by atoms with Crippen LogP contribution < -0.4 is 4.90 Å². The van der Waals surface area contributed by atoms with Crippen molar-refractivity contribution in [2.75, 3.05) is 4.90 Å². The fraction of sp³-hybridized carbons (Fsp3) is 0. The van der Waals surface area contributed by atoms with E-state index in [1.807, 2.05) is 54.6 Å². The summed E-state index contributed by atoms with van der Waals surface area (Å²) in [4.78, 5) is 11.7. The van der Waals surface area contributed by atoms with Crippen LogP contribution in [0.15, 0.2) is 191 Å². The Bertz CT molecular complexity index is 2650. The van der Waals surface area contributed by atoms with Crippen LogP contribution in [0.2, 0.25) is 0 Å². The van der Waals surface area contributed by atoms with Crippen molar-refractivity contribution in [3.63, 3.8) is 0 Å². The van der Waals surface area contributed by atoms with Gasteiger partial charge in [0.2, 0.25) is 11.8 Å². The van der Waals surface area contributed by atoms with Gasteiger partial charge in [0.1, 0.15) is 11.0 Å². The average Bonchev–Trinajstić information content (AvgIpc) is 3.96. The number of para-hydroxylation sites is 5. The Morgan fingerprint density at radius 2 is 0.904 bits per heavy atom. The highest BCUT2D eigenvalue weighted by Crippen LogP contribution is 2.38. The Labute approximate surface area is 299 Å². The maximum absolute atomic E-state index is 6.07. The van der Waals surface area contributed by atoms with E-state index in [0.717, 1.165) is 61.6 Å². The number of benzene rings is 7. The molecule has 6 heteroatoms. The molecule has 0 bridgehead atoms. The largest absolute Gasteiger partial charge is 0.436 e. The standard InChI is InChI=1S/C46H30N4O2/c1-2-8-36(9-3-1)49-29-28-35-30-34(20-27-42(35)49)31-14-21-37(22-15-31)50(38-23-16-32(17-24-38)45-47-40-10-4-6-12-43(40)51-45)39-25-18-33(19-26-39)46-48-41-11-5-7-13-44(41)52-46/h1-30H. The van der Waals surface area contributed by atoms with Crippen molar-refractivity contribution >= 4 is 50.2 Å². The van der Waals surface area contributed by atoms with Crippen LogP contribution in [0.5, 0.6) is 0 Å². The minimum atomic E-state index is 0.599. The smallest absolute Gasteiger partial charge is 0.227 e. The molecule has 0 unspecified atom stereocenters. The molecule has 0 N–H and O–H groups in total. The fourth-order valence-corrected chi connectivity index (χ4v) is 6.88. The number of nitrogens with zero attached hydrogens (tertiary/aromatic N) is 4. The molecule has 7 aromatic carbocycles. The second-order valence-corrected chi connectivity index (χ2v) is 12.7. The van der Waals surface area contributed by atoms with Crippen LogP contribution in [0.1, 0.15) is 0 Å². The summed E-state index contributed by atoms with van der Waals surface area (Å²) in [5.41, 5.74) is 12.8. The monoisotopic (exact) mass is 670 g/mol. The zero-order valence-corrected chi connectivity index (χ0v) is 27.9. The van der Waals surface area contributed by atoms with E-state index in [0.29, 0.717) is 11.8 Å². The van der Waals surface area contributed by atoms with Crippen molar-refractivity contribution in [1.82, 2.24) is 14.5 Å². The Morgan fingerprint density at radius 3 is 1.44 bits per heavy atom. The maximum atomic E-state index is 6.07. The van der Waals surface area contributed by atoms with E-state index < -0.39 is 0 Å². The van der Waals surface area contributed by atoms with Crippen molar-refractivity contribution in [3.8, 4) is 39.7 Å². The third-order valence-corrected chi connectivity index (χ3v) is 9.52. The highest BCUT2D eigenvalue weighted by Gasteiger charge is 2.16. The van der Waals surface area contributed by atoms with E-state index in [4.69, 9.17) is 18.8 Å². The lowest BCUT2D eigenvalue weighted by Gasteiger charge is -2.26. The Balaban J connectivity index is 1.00. The molecule has 0 fully saturated rings. The van der Waals surface area contributed by atoms with E-state index in [2.05, 4.69) is 137 Å². The van der Waals surface area contributed by atoms with E-state index in [9.17, 15) is 0 Å². The molecule has 0 aliphatic rings. The molecule has 6 nitrogen and oxygen atoms in total. The number of aromatic nitrogens is 3. The number of anilines is 3. The molecule has 10 rings (SSSR count). The van der Waals surface area contributed by atoms with Gasteiger partial charge in [0.15, 0.2) is 11.2 Å². The number of hydrogen-bond acceptors (Lipinski definition) is 5. The summed E-state index contributed by atoms with van der Waals surface area (Å²) >= 11 is 0. The number of fused-ring (bicyclic) bond motifs is 3. The normalized spacial score (nSPS) is 11.5. The first-order valence-electron chi connectivity index (χ1n) is 17.2. The summed E-state index contributed by atoms with van der Waals surface area (Å²) in [6.45, 7) is 0. The van der Waals surface area contributed by atoms with E-state index in [1.165, 1.54) is 16.5 Å². The lowest BCUT2D eigenvalue weighted by atomic mass is 10.0. The minimum absolute atomic E-state index is 0.599. The lowest BCUT2D eigenvalue weighted by molar-refractivity contribution is 0.619. The predicted octanol–water partition coefficient (Wildman–Crippen LogP) is 12.4. The minimum Gasteiger partial charge on any atom is -0.436 e. The second kappa shape index (κ2) is 12.3. The summed E-state index contributed by atoms with van der Waals surface area (Å²) in [6.07, 6.45) is 2.13. The lowest BCUT2D eigenvalue weighted by Crippen LogP contribution is -2.09. The summed E-state index contributed by atoms with van der Waals surface area (Å²) in [5, 5.41) is 1.20. The molecule has 246 valence electrons. The van der Waals surface area contributed by atoms with Crippen molar-refractivity contribution in [3.05, 3.63) is 182 Å². The Kier molecular flexibility index (Phi) is 7.03. The molecule has 0 radical (unpaired) electrons. The third kappa shape index (κ3) is 5.30. The van der Waals surface area contributed by atoms with Crippen LogP contribution in [-0.4, -0.2) is 14.5 Å². The van der Waals surface area contributed by atoms with Gasteiger partial charge in [-0.1, -0.05) is 60.7 Å². The van der Waals surface area contributed by atoms with Crippen LogP contribution in [0.4, 0.5) is 17.1 Å².